The number of carbonyl (C=O) groups is 2. The Morgan fingerprint density at radius 2 is 1.11 bits per heavy atom. The number of nitrogens with zero attached hydrogens (tertiary/aromatic N) is 4. The Morgan fingerprint density at radius 3 is 1.48 bits per heavy atom. The maximum Gasteiger partial charge on any atom is 0.340 e. The van der Waals surface area contributed by atoms with E-state index < -0.39 is 29.7 Å². The SMILES string of the molecule is CC(O)c1ccc([N+](=O)[O-])c(Oc2cccc(C(=O)N(C)C)c2)c1.CNP(=O)(NC)OC(C)c1ccc([N+](=O)[O-])c(Oc2cccc(C(=O)N(C)C)c2)c1. The average Bonchev–Trinajstić information content (AvgIpc) is 3.14. The Labute approximate surface area is 312 Å². The Bertz CT molecular complexity index is 2030. The first-order valence-corrected chi connectivity index (χ1v) is 17.9. The van der Waals surface area contributed by atoms with Crippen molar-refractivity contribution in [2.24, 2.45) is 0 Å². The van der Waals surface area contributed by atoms with E-state index in [9.17, 15) is 39.5 Å². The molecule has 4 aromatic carbocycles. The van der Waals surface area contributed by atoms with Gasteiger partial charge in [-0.2, -0.15) is 0 Å². The number of nitro groups is 2. The van der Waals surface area contributed by atoms with Gasteiger partial charge in [0.05, 0.1) is 22.1 Å². The van der Waals surface area contributed by atoms with Crippen molar-refractivity contribution in [2.75, 3.05) is 42.3 Å². The van der Waals surface area contributed by atoms with E-state index in [0.717, 1.165) is 0 Å². The summed E-state index contributed by atoms with van der Waals surface area (Å²) in [6, 6.07) is 21.2. The molecule has 2 amide bonds. The predicted molar refractivity (Wildman–Crippen MR) is 201 cm³/mol. The first-order chi connectivity index (χ1) is 25.4. The highest BCUT2D eigenvalue weighted by Gasteiger charge is 2.25. The van der Waals surface area contributed by atoms with Gasteiger partial charge in [0, 0.05) is 51.5 Å². The fraction of sp³-hybridized carbons (Fsp3) is 0.278. The highest BCUT2D eigenvalue weighted by molar-refractivity contribution is 7.54. The molecular weight excluding hydrogens is 723 g/mol. The van der Waals surface area contributed by atoms with Gasteiger partial charge < -0.3 is 24.4 Å². The molecule has 18 heteroatoms. The summed E-state index contributed by atoms with van der Waals surface area (Å²) in [5.74, 6) is 0.133. The van der Waals surface area contributed by atoms with E-state index in [2.05, 4.69) is 10.2 Å². The van der Waals surface area contributed by atoms with Crippen LogP contribution in [0.3, 0.4) is 0 Å². The zero-order valence-corrected chi connectivity index (χ0v) is 31.9. The Kier molecular flexibility index (Phi) is 14.9. The number of benzene rings is 4. The lowest BCUT2D eigenvalue weighted by Crippen LogP contribution is -2.21. The molecule has 4 aromatic rings. The van der Waals surface area contributed by atoms with E-state index in [-0.39, 0.29) is 40.4 Å². The zero-order chi connectivity index (χ0) is 40.3. The second-order valence-corrected chi connectivity index (χ2v) is 14.3. The van der Waals surface area contributed by atoms with Gasteiger partial charge in [-0.1, -0.05) is 12.1 Å². The number of carbonyl (C=O) groups excluding carboxylic acids is 2. The van der Waals surface area contributed by atoms with Crippen LogP contribution >= 0.6 is 7.67 Å². The lowest BCUT2D eigenvalue weighted by atomic mass is 10.1. The molecule has 0 aliphatic carbocycles. The van der Waals surface area contributed by atoms with Crippen LogP contribution in [0.25, 0.3) is 0 Å². The molecule has 4 rings (SSSR count). The fourth-order valence-electron chi connectivity index (χ4n) is 4.70. The minimum atomic E-state index is -3.26. The standard InChI is InChI=1S/C19H25N4O6P.C17H18N2O5/c1-13(29-30(27,20-2)21-3)14-9-10-17(23(25)26)18(12-14)28-16-8-6-7-15(11-16)19(24)22(4)5;1-11(20)12-7-8-15(19(22)23)16(10-12)24-14-6-4-5-13(9-14)17(21)18(2)3/h6-13H,1-5H3,(H2,20,21,27);4-11,20H,1-3H3. The van der Waals surface area contributed by atoms with Gasteiger partial charge in [0.1, 0.15) is 11.5 Å². The van der Waals surface area contributed by atoms with E-state index in [4.69, 9.17) is 14.0 Å². The van der Waals surface area contributed by atoms with Gasteiger partial charge >= 0.3 is 19.0 Å². The molecule has 54 heavy (non-hydrogen) atoms. The van der Waals surface area contributed by atoms with Gasteiger partial charge in [-0.25, -0.2) is 10.2 Å². The van der Waals surface area contributed by atoms with Gasteiger partial charge in [-0.3, -0.25) is 38.9 Å². The number of aliphatic hydroxyl groups is 1. The number of nitro benzene ring substituents is 2. The Morgan fingerprint density at radius 1 is 0.704 bits per heavy atom. The summed E-state index contributed by atoms with van der Waals surface area (Å²) < 4.78 is 29.3. The second kappa shape index (κ2) is 18.9. The molecule has 0 bridgehead atoms. The Balaban J connectivity index is 0.000000297. The number of nitrogens with one attached hydrogen (secondary N) is 2. The number of aliphatic hydroxyl groups excluding tert-OH is 1. The van der Waals surface area contributed by atoms with E-state index in [1.54, 1.807) is 78.4 Å². The molecule has 0 saturated heterocycles. The number of hydrogen-bond acceptors (Lipinski definition) is 11. The normalized spacial score (nSPS) is 12.0. The van der Waals surface area contributed by atoms with Gasteiger partial charge in [0.15, 0.2) is 0 Å². The van der Waals surface area contributed by atoms with Crippen LogP contribution in [0.5, 0.6) is 23.0 Å². The summed E-state index contributed by atoms with van der Waals surface area (Å²) in [7, 11) is 6.25. The third-order valence-electron chi connectivity index (χ3n) is 7.64. The second-order valence-electron chi connectivity index (χ2n) is 12.0. The van der Waals surface area contributed by atoms with Gasteiger partial charge in [-0.15, -0.1) is 0 Å². The van der Waals surface area contributed by atoms with Crippen molar-refractivity contribution in [1.29, 1.82) is 0 Å². The third kappa shape index (κ3) is 11.4. The molecule has 3 N–H and O–H groups in total. The van der Waals surface area contributed by atoms with Gasteiger partial charge in [0.2, 0.25) is 11.5 Å². The molecule has 0 aliphatic heterocycles. The quantitative estimate of drug-likeness (QED) is 0.0680. The van der Waals surface area contributed by atoms with E-state index >= 15 is 0 Å². The van der Waals surface area contributed by atoms with E-state index in [1.807, 2.05) is 0 Å². The topological polar surface area (TPSA) is 216 Å². The molecule has 0 heterocycles. The summed E-state index contributed by atoms with van der Waals surface area (Å²) in [5, 5.41) is 37.4. The average molecular weight is 767 g/mol. The van der Waals surface area contributed by atoms with Crippen LogP contribution in [0, 0.1) is 20.2 Å². The minimum absolute atomic E-state index is 0.00727. The molecule has 0 aliphatic rings. The molecule has 2 atom stereocenters. The summed E-state index contributed by atoms with van der Waals surface area (Å²) in [4.78, 5) is 48.5. The van der Waals surface area contributed by atoms with Crippen LogP contribution in [0.4, 0.5) is 11.4 Å². The largest absolute Gasteiger partial charge is 0.450 e. The highest BCUT2D eigenvalue weighted by Crippen LogP contribution is 2.43. The lowest BCUT2D eigenvalue weighted by Gasteiger charge is -2.21. The number of amides is 2. The van der Waals surface area contributed by atoms with E-state index in [1.165, 1.54) is 72.4 Å². The third-order valence-corrected chi connectivity index (χ3v) is 9.43. The molecular formula is C36H43N6O11P. The van der Waals surface area contributed by atoms with Crippen molar-refractivity contribution in [1.82, 2.24) is 20.0 Å². The molecule has 17 nitrogen and oxygen atoms in total. The maximum atomic E-state index is 12.4. The van der Waals surface area contributed by atoms with Crippen LogP contribution in [0.15, 0.2) is 84.9 Å². The molecule has 0 saturated carbocycles. The van der Waals surface area contributed by atoms with Crippen molar-refractivity contribution in [3.8, 4) is 23.0 Å². The lowest BCUT2D eigenvalue weighted by molar-refractivity contribution is -0.385. The fourth-order valence-corrected chi connectivity index (χ4v) is 5.70. The van der Waals surface area contributed by atoms with Gasteiger partial charge in [-0.05, 0) is 99.7 Å². The molecule has 0 radical (unpaired) electrons. The Hall–Kier alpha value is -5.71. The number of rotatable bonds is 14. The molecule has 0 aromatic heterocycles. The summed E-state index contributed by atoms with van der Waals surface area (Å²) in [5.41, 5.74) is 1.35. The first kappa shape index (κ1) is 42.7. The molecule has 0 fully saturated rings. The molecule has 2 unspecified atom stereocenters. The van der Waals surface area contributed by atoms with Crippen LogP contribution < -0.4 is 19.6 Å². The van der Waals surface area contributed by atoms with Crippen molar-refractivity contribution in [2.45, 2.75) is 26.1 Å². The number of hydrogen-bond donors (Lipinski definition) is 3. The minimum Gasteiger partial charge on any atom is -0.450 e. The van der Waals surface area contributed by atoms with Crippen molar-refractivity contribution < 1.29 is 43.1 Å². The monoisotopic (exact) mass is 766 g/mol. The molecule has 0 spiro atoms. The molecule has 288 valence electrons. The predicted octanol–water partition coefficient (Wildman–Crippen LogP) is 6.86. The summed E-state index contributed by atoms with van der Waals surface area (Å²) in [6.07, 6.45) is -1.43. The van der Waals surface area contributed by atoms with Crippen LogP contribution in [0.1, 0.15) is 57.9 Å². The number of ether oxygens (including phenoxy) is 2. The first-order valence-electron chi connectivity index (χ1n) is 16.3. The maximum absolute atomic E-state index is 12.4. The highest BCUT2D eigenvalue weighted by atomic mass is 31.2. The zero-order valence-electron chi connectivity index (χ0n) is 31.0. The van der Waals surface area contributed by atoms with Crippen LogP contribution in [-0.2, 0) is 9.09 Å². The van der Waals surface area contributed by atoms with Gasteiger partial charge in [0.25, 0.3) is 11.8 Å². The van der Waals surface area contributed by atoms with Crippen molar-refractivity contribution >= 4 is 30.9 Å². The van der Waals surface area contributed by atoms with Crippen molar-refractivity contribution in [3.63, 3.8) is 0 Å². The van der Waals surface area contributed by atoms with Crippen LogP contribution in [0.2, 0.25) is 0 Å². The van der Waals surface area contributed by atoms with Crippen molar-refractivity contribution in [3.05, 3.63) is 127 Å². The summed E-state index contributed by atoms with van der Waals surface area (Å²) in [6.45, 7) is 3.23. The van der Waals surface area contributed by atoms with E-state index in [0.29, 0.717) is 28.0 Å². The smallest absolute Gasteiger partial charge is 0.340 e. The summed E-state index contributed by atoms with van der Waals surface area (Å²) >= 11 is 0. The van der Waals surface area contributed by atoms with Crippen LogP contribution in [-0.4, -0.2) is 78.9 Å².